The topological polar surface area (TPSA) is 88.1 Å². The second kappa shape index (κ2) is 10.5. The highest BCUT2D eigenvalue weighted by Crippen LogP contribution is 2.32. The second-order valence-corrected chi connectivity index (χ2v) is 8.59. The zero-order valence-electron chi connectivity index (χ0n) is 18.7. The maximum absolute atomic E-state index is 12.9. The van der Waals surface area contributed by atoms with Crippen molar-refractivity contribution in [2.24, 2.45) is 4.99 Å². The molecule has 1 atom stereocenters. The van der Waals surface area contributed by atoms with Gasteiger partial charge in [-0.2, -0.15) is 0 Å². The number of ether oxygens (including phenoxy) is 1. The van der Waals surface area contributed by atoms with Crippen LogP contribution in [0.15, 0.2) is 47.5 Å². The molecule has 1 aliphatic heterocycles. The van der Waals surface area contributed by atoms with Crippen molar-refractivity contribution in [3.63, 3.8) is 0 Å². The number of amides is 2. The number of amidine groups is 1. The number of carbonyl (C=O) groups excluding carboxylic acids is 3. The minimum atomic E-state index is -0.530. The van der Waals surface area contributed by atoms with Gasteiger partial charge in [0.05, 0.1) is 17.9 Å². The van der Waals surface area contributed by atoms with E-state index in [1.54, 1.807) is 36.1 Å². The van der Waals surface area contributed by atoms with Crippen molar-refractivity contribution in [2.75, 3.05) is 18.5 Å². The van der Waals surface area contributed by atoms with Crippen molar-refractivity contribution in [1.82, 2.24) is 4.90 Å². The van der Waals surface area contributed by atoms with Gasteiger partial charge in [-0.15, -0.1) is 0 Å². The lowest BCUT2D eigenvalue weighted by molar-refractivity contribution is -0.128. The van der Waals surface area contributed by atoms with Crippen LogP contribution in [0.1, 0.15) is 41.8 Å². The minimum Gasteiger partial charge on any atom is -0.462 e. The fraction of sp³-hybridized carbons (Fsp3) is 0.333. The lowest BCUT2D eigenvalue weighted by atomic mass is 10.1. The van der Waals surface area contributed by atoms with Gasteiger partial charge in [-0.05, 0) is 69.2 Å². The van der Waals surface area contributed by atoms with Crippen molar-refractivity contribution in [3.8, 4) is 0 Å². The first kappa shape index (κ1) is 23.5. The first-order valence-electron chi connectivity index (χ1n) is 10.5. The summed E-state index contributed by atoms with van der Waals surface area (Å²) in [5, 5.41) is 2.87. The molecular weight excluding hydrogens is 426 g/mol. The lowest BCUT2D eigenvalue weighted by Crippen LogP contribution is -2.33. The third-order valence-corrected chi connectivity index (χ3v) is 6.14. The number of anilines is 1. The molecule has 168 valence electrons. The van der Waals surface area contributed by atoms with E-state index in [2.05, 4.69) is 5.32 Å². The van der Waals surface area contributed by atoms with E-state index in [1.165, 1.54) is 11.8 Å². The van der Waals surface area contributed by atoms with Crippen LogP contribution in [0.4, 0.5) is 11.4 Å². The Labute approximate surface area is 192 Å². The van der Waals surface area contributed by atoms with E-state index in [4.69, 9.17) is 9.73 Å². The summed E-state index contributed by atoms with van der Waals surface area (Å²) in [5.74, 6) is -0.799. The fourth-order valence-corrected chi connectivity index (χ4v) is 4.46. The average molecular weight is 454 g/mol. The van der Waals surface area contributed by atoms with Crippen LogP contribution in [-0.4, -0.2) is 46.3 Å². The summed E-state index contributed by atoms with van der Waals surface area (Å²) in [6.07, 6.45) is 0.0332. The molecule has 0 saturated carbocycles. The molecule has 1 unspecified atom stereocenters. The Bertz CT molecular complexity index is 1050. The van der Waals surface area contributed by atoms with Gasteiger partial charge >= 0.3 is 5.97 Å². The maximum atomic E-state index is 12.9. The van der Waals surface area contributed by atoms with Crippen LogP contribution >= 0.6 is 11.8 Å². The molecule has 1 heterocycles. The number of hydrogen-bond acceptors (Lipinski definition) is 6. The quantitative estimate of drug-likeness (QED) is 0.626. The lowest BCUT2D eigenvalue weighted by Gasteiger charge is -2.14. The van der Waals surface area contributed by atoms with E-state index in [9.17, 15) is 14.4 Å². The standard InChI is InChI=1S/C24H27N3O4S/c1-5-27-22(29)20(32-24(27)26-19-13-15(3)7-8-16(19)4)14-21(28)25-18-11-9-17(10-12-18)23(30)31-6-2/h7-13,20H,5-6,14H2,1-4H3,(H,25,28). The molecule has 0 spiro atoms. The molecule has 0 bridgehead atoms. The number of rotatable bonds is 7. The van der Waals surface area contributed by atoms with Crippen LogP contribution in [0.2, 0.25) is 0 Å². The molecule has 0 radical (unpaired) electrons. The molecule has 1 saturated heterocycles. The normalized spacial score (nSPS) is 17.0. The molecule has 3 rings (SSSR count). The highest BCUT2D eigenvalue weighted by atomic mass is 32.2. The van der Waals surface area contributed by atoms with Crippen LogP contribution in [0, 0.1) is 13.8 Å². The first-order valence-corrected chi connectivity index (χ1v) is 11.4. The second-order valence-electron chi connectivity index (χ2n) is 7.42. The van der Waals surface area contributed by atoms with E-state index >= 15 is 0 Å². The van der Waals surface area contributed by atoms with Crippen molar-refractivity contribution in [1.29, 1.82) is 0 Å². The predicted octanol–water partition coefficient (Wildman–Crippen LogP) is 4.46. The molecule has 2 amide bonds. The molecule has 1 aliphatic rings. The van der Waals surface area contributed by atoms with Gasteiger partial charge in [0.25, 0.3) is 0 Å². The molecule has 1 N–H and O–H groups in total. The van der Waals surface area contributed by atoms with E-state index in [0.717, 1.165) is 16.8 Å². The minimum absolute atomic E-state index is 0.0332. The summed E-state index contributed by atoms with van der Waals surface area (Å²) in [6.45, 7) is 8.41. The van der Waals surface area contributed by atoms with Gasteiger partial charge in [0.1, 0.15) is 5.25 Å². The summed E-state index contributed by atoms with van der Waals surface area (Å²) in [7, 11) is 0. The number of hydrogen-bond donors (Lipinski definition) is 1. The van der Waals surface area contributed by atoms with Gasteiger partial charge in [0, 0.05) is 18.7 Å². The third-order valence-electron chi connectivity index (χ3n) is 4.97. The van der Waals surface area contributed by atoms with Crippen molar-refractivity contribution in [3.05, 3.63) is 59.2 Å². The molecule has 7 nitrogen and oxygen atoms in total. The van der Waals surface area contributed by atoms with Crippen LogP contribution < -0.4 is 5.32 Å². The zero-order valence-corrected chi connectivity index (χ0v) is 19.5. The Balaban J connectivity index is 1.67. The summed E-state index contributed by atoms with van der Waals surface area (Å²) < 4.78 is 4.95. The predicted molar refractivity (Wildman–Crippen MR) is 127 cm³/mol. The summed E-state index contributed by atoms with van der Waals surface area (Å²) in [4.78, 5) is 43.5. The Kier molecular flexibility index (Phi) is 7.69. The van der Waals surface area contributed by atoms with Gasteiger partial charge in [-0.3, -0.25) is 14.5 Å². The van der Waals surface area contributed by atoms with Gasteiger partial charge in [0.15, 0.2) is 5.17 Å². The van der Waals surface area contributed by atoms with Gasteiger partial charge < -0.3 is 10.1 Å². The summed E-state index contributed by atoms with van der Waals surface area (Å²) in [6, 6.07) is 12.5. The number of nitrogens with zero attached hydrogens (tertiary/aromatic N) is 2. The number of aliphatic imine (C=N–C) groups is 1. The highest BCUT2D eigenvalue weighted by molar-refractivity contribution is 8.15. The van der Waals surface area contributed by atoms with Crippen LogP contribution in [0.3, 0.4) is 0 Å². The maximum Gasteiger partial charge on any atom is 0.338 e. The Morgan fingerprint density at radius 3 is 2.50 bits per heavy atom. The monoisotopic (exact) mass is 453 g/mol. The molecule has 0 aliphatic carbocycles. The number of benzene rings is 2. The van der Waals surface area contributed by atoms with Gasteiger partial charge in [0.2, 0.25) is 11.8 Å². The van der Waals surface area contributed by atoms with Gasteiger partial charge in [-0.1, -0.05) is 23.9 Å². The first-order chi connectivity index (χ1) is 15.3. The number of nitrogens with one attached hydrogen (secondary N) is 1. The fourth-order valence-electron chi connectivity index (χ4n) is 3.24. The van der Waals surface area contributed by atoms with Crippen molar-refractivity contribution in [2.45, 2.75) is 39.4 Å². The Hall–Kier alpha value is -3.13. The number of aryl methyl sites for hydroxylation is 2. The van der Waals surface area contributed by atoms with Gasteiger partial charge in [-0.25, -0.2) is 9.79 Å². The molecule has 0 aromatic heterocycles. The number of thioether (sulfide) groups is 1. The van der Waals surface area contributed by atoms with Crippen LogP contribution in [0.25, 0.3) is 0 Å². The largest absolute Gasteiger partial charge is 0.462 e. The molecule has 32 heavy (non-hydrogen) atoms. The highest BCUT2D eigenvalue weighted by Gasteiger charge is 2.38. The zero-order chi connectivity index (χ0) is 23.3. The SMILES string of the molecule is CCOC(=O)c1ccc(NC(=O)CC2SC(=Nc3cc(C)ccc3C)N(CC)C2=O)cc1. The van der Waals surface area contributed by atoms with E-state index in [1.807, 2.05) is 39.0 Å². The molecule has 2 aromatic rings. The Morgan fingerprint density at radius 1 is 1.12 bits per heavy atom. The molecule has 1 fully saturated rings. The van der Waals surface area contributed by atoms with E-state index in [-0.39, 0.29) is 18.2 Å². The summed E-state index contributed by atoms with van der Waals surface area (Å²) in [5.41, 5.74) is 3.91. The molecule has 2 aromatic carbocycles. The average Bonchev–Trinajstić information content (AvgIpc) is 3.05. The molecule has 8 heteroatoms. The van der Waals surface area contributed by atoms with Crippen molar-refractivity contribution < 1.29 is 19.1 Å². The Morgan fingerprint density at radius 2 is 1.84 bits per heavy atom. The number of esters is 1. The van der Waals surface area contributed by atoms with Crippen molar-refractivity contribution >= 4 is 46.1 Å². The number of carbonyl (C=O) groups is 3. The van der Waals surface area contributed by atoms with Crippen LogP contribution in [0.5, 0.6) is 0 Å². The summed E-state index contributed by atoms with van der Waals surface area (Å²) >= 11 is 1.32. The molecular formula is C24H27N3O4S. The van der Waals surface area contributed by atoms with E-state index < -0.39 is 11.2 Å². The van der Waals surface area contributed by atoms with Crippen LogP contribution in [-0.2, 0) is 14.3 Å². The smallest absolute Gasteiger partial charge is 0.338 e. The van der Waals surface area contributed by atoms with E-state index in [0.29, 0.717) is 29.6 Å². The third kappa shape index (κ3) is 5.56.